The number of sulfonamides is 1. The minimum Gasteiger partial charge on any atom is -0.229 e. The standard InChI is InChI=1S/C5H11NO4S2/c1-11(7,8)6-5-2-3-12(9,10)4-5/h5-6H,2-4H2,1H3. The second-order valence-electron chi connectivity index (χ2n) is 2.99. The van der Waals surface area contributed by atoms with Crippen LogP contribution in [0.4, 0.5) is 0 Å². The molecule has 0 spiro atoms. The summed E-state index contributed by atoms with van der Waals surface area (Å²) in [5, 5.41) is 0. The van der Waals surface area contributed by atoms with Crippen LogP contribution in [0.2, 0.25) is 0 Å². The first-order chi connectivity index (χ1) is 5.29. The Bertz CT molecular complexity index is 355. The van der Waals surface area contributed by atoms with Crippen LogP contribution in [-0.4, -0.2) is 40.6 Å². The Balaban J connectivity index is 2.61. The van der Waals surface area contributed by atoms with Gasteiger partial charge in [-0.05, 0) is 6.42 Å². The molecule has 1 atom stereocenters. The maximum Gasteiger partial charge on any atom is 0.208 e. The SMILES string of the molecule is CS(=O)(=O)NC1CCS(=O)(=O)C1. The molecule has 1 rings (SSSR count). The largest absolute Gasteiger partial charge is 0.229 e. The molecule has 0 radical (unpaired) electrons. The Morgan fingerprint density at radius 2 is 2.00 bits per heavy atom. The molecule has 7 heteroatoms. The fourth-order valence-electron chi connectivity index (χ4n) is 1.19. The summed E-state index contributed by atoms with van der Waals surface area (Å²) < 4.78 is 45.4. The van der Waals surface area contributed by atoms with Crippen molar-refractivity contribution in [3.05, 3.63) is 0 Å². The first-order valence-electron chi connectivity index (χ1n) is 3.46. The van der Waals surface area contributed by atoms with Gasteiger partial charge in [0.15, 0.2) is 9.84 Å². The molecule has 0 aromatic carbocycles. The Morgan fingerprint density at radius 1 is 1.42 bits per heavy atom. The lowest BCUT2D eigenvalue weighted by Gasteiger charge is -2.06. The molecule has 1 aliphatic heterocycles. The van der Waals surface area contributed by atoms with Crippen molar-refractivity contribution < 1.29 is 16.8 Å². The van der Waals surface area contributed by atoms with Gasteiger partial charge in [-0.3, -0.25) is 0 Å². The van der Waals surface area contributed by atoms with Gasteiger partial charge in [-0.25, -0.2) is 21.6 Å². The van der Waals surface area contributed by atoms with Crippen molar-refractivity contribution in [1.82, 2.24) is 4.72 Å². The Kier molecular flexibility index (Phi) is 2.46. The van der Waals surface area contributed by atoms with Crippen molar-refractivity contribution in [3.63, 3.8) is 0 Å². The fraction of sp³-hybridized carbons (Fsp3) is 1.00. The summed E-state index contributed by atoms with van der Waals surface area (Å²) in [5.74, 6) is 0.0141. The van der Waals surface area contributed by atoms with Gasteiger partial charge >= 0.3 is 0 Å². The van der Waals surface area contributed by atoms with Gasteiger partial charge in [-0.15, -0.1) is 0 Å². The van der Waals surface area contributed by atoms with Crippen LogP contribution in [0.1, 0.15) is 6.42 Å². The molecule has 0 saturated carbocycles. The molecule has 1 fully saturated rings. The van der Waals surface area contributed by atoms with E-state index in [4.69, 9.17) is 0 Å². The summed E-state index contributed by atoms with van der Waals surface area (Å²) >= 11 is 0. The molecular weight excluding hydrogens is 202 g/mol. The average molecular weight is 213 g/mol. The van der Waals surface area contributed by atoms with Crippen LogP contribution >= 0.6 is 0 Å². The molecule has 72 valence electrons. The summed E-state index contributed by atoms with van der Waals surface area (Å²) in [5.41, 5.74) is 0. The molecule has 1 aliphatic rings. The van der Waals surface area contributed by atoms with E-state index in [1.54, 1.807) is 0 Å². The number of nitrogens with one attached hydrogen (secondary N) is 1. The second-order valence-corrected chi connectivity index (χ2v) is 7.00. The monoisotopic (exact) mass is 213 g/mol. The molecule has 5 nitrogen and oxygen atoms in total. The Hall–Kier alpha value is -0.140. The summed E-state index contributed by atoms with van der Waals surface area (Å²) in [6.07, 6.45) is 1.41. The molecular formula is C5H11NO4S2. The molecule has 12 heavy (non-hydrogen) atoms. The van der Waals surface area contributed by atoms with Gasteiger partial charge in [-0.2, -0.15) is 0 Å². The van der Waals surface area contributed by atoms with Crippen molar-refractivity contribution in [2.45, 2.75) is 12.5 Å². The molecule has 1 unspecified atom stereocenters. The first kappa shape index (κ1) is 9.94. The third kappa shape index (κ3) is 3.08. The number of rotatable bonds is 2. The van der Waals surface area contributed by atoms with Crippen LogP contribution in [0.5, 0.6) is 0 Å². The molecule has 1 N–H and O–H groups in total. The van der Waals surface area contributed by atoms with E-state index in [0.717, 1.165) is 6.26 Å². The van der Waals surface area contributed by atoms with Crippen molar-refractivity contribution in [3.8, 4) is 0 Å². The van der Waals surface area contributed by atoms with Gasteiger partial charge < -0.3 is 0 Å². The van der Waals surface area contributed by atoms with Crippen molar-refractivity contribution in [2.75, 3.05) is 17.8 Å². The first-order valence-corrected chi connectivity index (χ1v) is 7.17. The maximum atomic E-state index is 10.9. The Morgan fingerprint density at radius 3 is 2.33 bits per heavy atom. The van der Waals surface area contributed by atoms with Gasteiger partial charge in [-0.1, -0.05) is 0 Å². The van der Waals surface area contributed by atoms with Gasteiger partial charge in [0.25, 0.3) is 0 Å². The van der Waals surface area contributed by atoms with Gasteiger partial charge in [0.1, 0.15) is 0 Å². The highest BCUT2D eigenvalue weighted by Crippen LogP contribution is 2.11. The summed E-state index contributed by atoms with van der Waals surface area (Å²) in [6.45, 7) is 0. The van der Waals surface area contributed by atoms with E-state index in [1.807, 2.05) is 0 Å². The van der Waals surface area contributed by atoms with Crippen molar-refractivity contribution in [1.29, 1.82) is 0 Å². The van der Waals surface area contributed by atoms with E-state index >= 15 is 0 Å². The number of hydrogen-bond donors (Lipinski definition) is 1. The topological polar surface area (TPSA) is 80.3 Å². The molecule has 0 aromatic heterocycles. The Labute approximate surface area is 72.1 Å². The molecule has 1 heterocycles. The second kappa shape index (κ2) is 2.97. The molecule has 0 aromatic rings. The lowest BCUT2D eigenvalue weighted by molar-refractivity contribution is 0.568. The van der Waals surface area contributed by atoms with E-state index in [9.17, 15) is 16.8 Å². The highest BCUT2D eigenvalue weighted by molar-refractivity contribution is 7.92. The minimum atomic E-state index is -3.27. The molecule has 0 aliphatic carbocycles. The minimum absolute atomic E-state index is 0.0694. The van der Waals surface area contributed by atoms with Crippen LogP contribution in [0.25, 0.3) is 0 Å². The summed E-state index contributed by atoms with van der Waals surface area (Å²) in [4.78, 5) is 0. The van der Waals surface area contributed by atoms with E-state index in [0.29, 0.717) is 6.42 Å². The molecule has 0 amide bonds. The third-order valence-electron chi connectivity index (χ3n) is 1.61. The zero-order valence-electron chi connectivity index (χ0n) is 6.65. The summed E-state index contributed by atoms with van der Waals surface area (Å²) in [7, 11) is -6.27. The van der Waals surface area contributed by atoms with Crippen LogP contribution in [0.15, 0.2) is 0 Å². The smallest absolute Gasteiger partial charge is 0.208 e. The van der Waals surface area contributed by atoms with E-state index < -0.39 is 25.9 Å². The lowest BCUT2D eigenvalue weighted by atomic mass is 10.3. The van der Waals surface area contributed by atoms with Crippen LogP contribution in [-0.2, 0) is 19.9 Å². The molecule has 1 saturated heterocycles. The van der Waals surface area contributed by atoms with Gasteiger partial charge in [0.2, 0.25) is 10.0 Å². The van der Waals surface area contributed by atoms with E-state index in [-0.39, 0.29) is 11.5 Å². The fourth-order valence-corrected chi connectivity index (χ4v) is 3.78. The number of hydrogen-bond acceptors (Lipinski definition) is 4. The highest BCUT2D eigenvalue weighted by atomic mass is 32.2. The van der Waals surface area contributed by atoms with Gasteiger partial charge in [0, 0.05) is 6.04 Å². The number of sulfone groups is 1. The quantitative estimate of drug-likeness (QED) is 0.619. The third-order valence-corrected chi connectivity index (χ3v) is 4.14. The predicted octanol–water partition coefficient (Wildman–Crippen LogP) is -1.28. The predicted molar refractivity (Wildman–Crippen MR) is 45.0 cm³/mol. The van der Waals surface area contributed by atoms with Gasteiger partial charge in [0.05, 0.1) is 17.8 Å². The normalized spacial score (nSPS) is 28.9. The van der Waals surface area contributed by atoms with E-state index in [2.05, 4.69) is 4.72 Å². The van der Waals surface area contributed by atoms with Crippen LogP contribution in [0.3, 0.4) is 0 Å². The van der Waals surface area contributed by atoms with Crippen LogP contribution in [0, 0.1) is 0 Å². The lowest BCUT2D eigenvalue weighted by Crippen LogP contribution is -2.34. The van der Waals surface area contributed by atoms with Crippen molar-refractivity contribution >= 4 is 19.9 Å². The zero-order valence-corrected chi connectivity index (χ0v) is 8.28. The molecule has 0 bridgehead atoms. The maximum absolute atomic E-state index is 10.9. The highest BCUT2D eigenvalue weighted by Gasteiger charge is 2.29. The zero-order chi connectivity index (χ0) is 9.41. The summed E-state index contributed by atoms with van der Waals surface area (Å²) in [6, 6.07) is -0.426. The van der Waals surface area contributed by atoms with Crippen LogP contribution < -0.4 is 4.72 Å². The van der Waals surface area contributed by atoms with Crippen molar-refractivity contribution in [2.24, 2.45) is 0 Å². The average Bonchev–Trinajstić information content (AvgIpc) is 2.05. The van der Waals surface area contributed by atoms with E-state index in [1.165, 1.54) is 0 Å².